The van der Waals surface area contributed by atoms with Gasteiger partial charge in [0.15, 0.2) is 5.79 Å². The second-order valence-electron chi connectivity index (χ2n) is 5.69. The van der Waals surface area contributed by atoms with E-state index >= 15 is 0 Å². The Labute approximate surface area is 102 Å². The van der Waals surface area contributed by atoms with Crippen LogP contribution < -0.4 is 5.73 Å². The van der Waals surface area contributed by atoms with E-state index in [1.54, 1.807) is 0 Å². The Morgan fingerprint density at radius 2 is 1.82 bits per heavy atom. The maximum atomic E-state index is 6.38. The monoisotopic (exact) mass is 233 g/mol. The molecule has 3 nitrogen and oxygen atoms in total. The molecule has 3 rings (SSSR count). The van der Waals surface area contributed by atoms with Crippen molar-refractivity contribution in [1.29, 1.82) is 0 Å². The molecule has 1 aromatic carbocycles. The summed E-state index contributed by atoms with van der Waals surface area (Å²) in [6.07, 6.45) is 0.959. The van der Waals surface area contributed by atoms with Crippen molar-refractivity contribution in [2.75, 3.05) is 13.2 Å². The van der Waals surface area contributed by atoms with Crippen LogP contribution in [0, 0.1) is 5.41 Å². The van der Waals surface area contributed by atoms with Gasteiger partial charge in [0.1, 0.15) is 0 Å². The Balaban J connectivity index is 1.89. The van der Waals surface area contributed by atoms with E-state index in [0.717, 1.165) is 6.42 Å². The summed E-state index contributed by atoms with van der Waals surface area (Å²) in [6.45, 7) is 5.26. The summed E-state index contributed by atoms with van der Waals surface area (Å²) in [5, 5.41) is 0. The number of nitrogens with two attached hydrogens (primary N) is 1. The Kier molecular flexibility index (Phi) is 2.34. The normalized spacial score (nSPS) is 29.2. The third-order valence-electron chi connectivity index (χ3n) is 4.01. The van der Waals surface area contributed by atoms with E-state index in [0.29, 0.717) is 13.2 Å². The molecule has 3 heteroatoms. The summed E-state index contributed by atoms with van der Waals surface area (Å²) >= 11 is 0. The number of rotatable bonds is 0. The largest absolute Gasteiger partial charge is 0.350 e. The molecular formula is C14H19NO2. The van der Waals surface area contributed by atoms with Crippen LogP contribution in [-0.4, -0.2) is 19.0 Å². The van der Waals surface area contributed by atoms with Crippen LogP contribution in [0.5, 0.6) is 0 Å². The number of fused-ring (bicyclic) bond motifs is 1. The molecule has 0 aromatic heterocycles. The zero-order valence-electron chi connectivity index (χ0n) is 10.4. The molecule has 0 amide bonds. The molecular weight excluding hydrogens is 214 g/mol. The van der Waals surface area contributed by atoms with E-state index in [-0.39, 0.29) is 11.5 Å². The highest BCUT2D eigenvalue weighted by Crippen LogP contribution is 2.47. The van der Waals surface area contributed by atoms with Crippen LogP contribution in [0.15, 0.2) is 24.3 Å². The van der Waals surface area contributed by atoms with Crippen LogP contribution >= 0.6 is 0 Å². The maximum absolute atomic E-state index is 6.38. The summed E-state index contributed by atoms with van der Waals surface area (Å²) in [6, 6.07) is 8.42. The molecule has 0 radical (unpaired) electrons. The molecule has 0 bridgehead atoms. The van der Waals surface area contributed by atoms with Crippen molar-refractivity contribution in [1.82, 2.24) is 0 Å². The van der Waals surface area contributed by atoms with Gasteiger partial charge in [0, 0.05) is 11.5 Å². The van der Waals surface area contributed by atoms with Crippen molar-refractivity contribution in [3.8, 4) is 0 Å². The van der Waals surface area contributed by atoms with Gasteiger partial charge < -0.3 is 15.2 Å². The standard InChI is InChI=1S/C14H19NO2/c1-13(2)16-8-14(9-17-13)7-10-5-3-4-6-11(10)12(14)15/h3-6,12H,7-9,15H2,1-2H3. The Morgan fingerprint density at radius 3 is 2.47 bits per heavy atom. The van der Waals surface area contributed by atoms with Crippen molar-refractivity contribution in [3.63, 3.8) is 0 Å². The first-order chi connectivity index (χ1) is 8.03. The first-order valence-corrected chi connectivity index (χ1v) is 6.14. The summed E-state index contributed by atoms with van der Waals surface area (Å²) in [5.74, 6) is -0.472. The zero-order chi connectivity index (χ0) is 12.1. The average molecular weight is 233 g/mol. The highest BCUT2D eigenvalue weighted by atomic mass is 16.7. The van der Waals surface area contributed by atoms with Crippen molar-refractivity contribution in [3.05, 3.63) is 35.4 Å². The Morgan fingerprint density at radius 1 is 1.18 bits per heavy atom. The van der Waals surface area contributed by atoms with E-state index < -0.39 is 5.79 Å². The molecule has 1 fully saturated rings. The van der Waals surface area contributed by atoms with Gasteiger partial charge in [0.25, 0.3) is 0 Å². The number of benzene rings is 1. The van der Waals surface area contributed by atoms with Gasteiger partial charge in [-0.05, 0) is 31.4 Å². The summed E-state index contributed by atoms with van der Waals surface area (Å²) < 4.78 is 11.6. The van der Waals surface area contributed by atoms with Crippen molar-refractivity contribution >= 4 is 0 Å². The molecule has 0 saturated carbocycles. The van der Waals surface area contributed by atoms with Crippen LogP contribution in [0.2, 0.25) is 0 Å². The first kappa shape index (κ1) is 11.2. The predicted molar refractivity (Wildman–Crippen MR) is 65.5 cm³/mol. The van der Waals surface area contributed by atoms with Gasteiger partial charge in [-0.1, -0.05) is 24.3 Å². The van der Waals surface area contributed by atoms with E-state index in [4.69, 9.17) is 15.2 Å². The molecule has 1 aliphatic heterocycles. The van der Waals surface area contributed by atoms with Crippen molar-refractivity contribution in [2.24, 2.45) is 11.1 Å². The lowest BCUT2D eigenvalue weighted by Gasteiger charge is -2.43. The van der Waals surface area contributed by atoms with Crippen molar-refractivity contribution in [2.45, 2.75) is 32.1 Å². The predicted octanol–water partition coefficient (Wildman–Crippen LogP) is 2.01. The minimum absolute atomic E-state index is 0.0230. The van der Waals surface area contributed by atoms with E-state index in [1.807, 2.05) is 19.9 Å². The molecule has 1 atom stereocenters. The maximum Gasteiger partial charge on any atom is 0.162 e. The highest BCUT2D eigenvalue weighted by Gasteiger charge is 2.49. The minimum atomic E-state index is -0.472. The van der Waals surface area contributed by atoms with Gasteiger partial charge in [0.05, 0.1) is 13.2 Å². The van der Waals surface area contributed by atoms with E-state index in [2.05, 4.69) is 18.2 Å². The molecule has 1 spiro atoms. The van der Waals surface area contributed by atoms with Gasteiger partial charge in [-0.25, -0.2) is 0 Å². The number of hydrogen-bond donors (Lipinski definition) is 1. The Bertz CT molecular complexity index is 432. The SMILES string of the molecule is CC1(C)OCC2(CO1)Cc1ccccc1C2N. The zero-order valence-corrected chi connectivity index (χ0v) is 10.4. The highest BCUT2D eigenvalue weighted by molar-refractivity contribution is 5.38. The lowest BCUT2D eigenvalue weighted by Crippen LogP contribution is -2.50. The first-order valence-electron chi connectivity index (χ1n) is 6.14. The minimum Gasteiger partial charge on any atom is -0.350 e. The topological polar surface area (TPSA) is 44.5 Å². The van der Waals surface area contributed by atoms with E-state index in [1.165, 1.54) is 11.1 Å². The van der Waals surface area contributed by atoms with Crippen molar-refractivity contribution < 1.29 is 9.47 Å². The molecule has 1 aliphatic carbocycles. The second-order valence-corrected chi connectivity index (χ2v) is 5.69. The van der Waals surface area contributed by atoms with Crippen LogP contribution in [0.25, 0.3) is 0 Å². The third kappa shape index (κ3) is 1.69. The summed E-state index contributed by atoms with van der Waals surface area (Å²) in [7, 11) is 0. The molecule has 2 N–H and O–H groups in total. The summed E-state index contributed by atoms with van der Waals surface area (Å²) in [5.41, 5.74) is 8.90. The fourth-order valence-corrected chi connectivity index (χ4v) is 2.82. The van der Waals surface area contributed by atoms with Crippen LogP contribution in [0.4, 0.5) is 0 Å². The van der Waals surface area contributed by atoms with E-state index in [9.17, 15) is 0 Å². The van der Waals surface area contributed by atoms with Gasteiger partial charge in [-0.3, -0.25) is 0 Å². The average Bonchev–Trinajstić information content (AvgIpc) is 2.58. The van der Waals surface area contributed by atoms with Gasteiger partial charge in [-0.15, -0.1) is 0 Å². The summed E-state index contributed by atoms with van der Waals surface area (Å²) in [4.78, 5) is 0. The van der Waals surface area contributed by atoms with Gasteiger partial charge in [-0.2, -0.15) is 0 Å². The lowest BCUT2D eigenvalue weighted by molar-refractivity contribution is -0.287. The van der Waals surface area contributed by atoms with Gasteiger partial charge >= 0.3 is 0 Å². The fraction of sp³-hybridized carbons (Fsp3) is 0.571. The quantitative estimate of drug-likeness (QED) is 0.745. The smallest absolute Gasteiger partial charge is 0.162 e. The van der Waals surface area contributed by atoms with Crippen LogP contribution in [-0.2, 0) is 15.9 Å². The molecule has 1 unspecified atom stereocenters. The molecule has 2 aliphatic rings. The molecule has 1 saturated heterocycles. The Hall–Kier alpha value is -0.900. The molecule has 1 heterocycles. The number of ether oxygens (including phenoxy) is 2. The lowest BCUT2D eigenvalue weighted by atomic mass is 9.82. The van der Waals surface area contributed by atoms with Gasteiger partial charge in [0.2, 0.25) is 0 Å². The van der Waals surface area contributed by atoms with Crippen LogP contribution in [0.1, 0.15) is 31.0 Å². The third-order valence-corrected chi connectivity index (χ3v) is 4.01. The second kappa shape index (κ2) is 3.55. The number of hydrogen-bond acceptors (Lipinski definition) is 3. The molecule has 17 heavy (non-hydrogen) atoms. The van der Waals surface area contributed by atoms with Crippen LogP contribution in [0.3, 0.4) is 0 Å². The molecule has 1 aromatic rings. The molecule has 92 valence electrons. The fourth-order valence-electron chi connectivity index (χ4n) is 2.82.